The minimum absolute atomic E-state index is 0.232. The van der Waals surface area contributed by atoms with Crippen molar-refractivity contribution in [2.45, 2.75) is 26.8 Å². The van der Waals surface area contributed by atoms with Gasteiger partial charge in [0.15, 0.2) is 0 Å². The number of carbonyl (C=O) groups is 1. The molecule has 1 heterocycles. The summed E-state index contributed by atoms with van der Waals surface area (Å²) in [6.07, 6.45) is 4.07. The maximum atomic E-state index is 8.81. The molecule has 0 aliphatic heterocycles. The van der Waals surface area contributed by atoms with Crippen molar-refractivity contribution in [3.8, 4) is 5.69 Å². The number of hydrogen-bond donors (Lipinski definition) is 0. The summed E-state index contributed by atoms with van der Waals surface area (Å²) < 4.78 is 1.58. The Morgan fingerprint density at radius 3 is 2.65 bits per heavy atom. The largest absolute Gasteiger partial charge is 0.304 e. The second-order valence-electron chi connectivity index (χ2n) is 4.07. The molecule has 0 fully saturated rings. The number of aliphatic imine (C=N–C) groups is 1. The van der Waals surface area contributed by atoms with Gasteiger partial charge in [-0.2, -0.15) is 4.68 Å². The second kappa shape index (κ2) is 8.16. The first-order chi connectivity index (χ1) is 9.58. The number of tetrazole rings is 1. The van der Waals surface area contributed by atoms with Crippen LogP contribution in [0.2, 0.25) is 5.02 Å². The summed E-state index contributed by atoms with van der Waals surface area (Å²) in [6, 6.07) is 5.73. The van der Waals surface area contributed by atoms with Gasteiger partial charge in [-0.1, -0.05) is 11.6 Å². The first-order valence-electron chi connectivity index (χ1n) is 6.04. The molecule has 20 heavy (non-hydrogen) atoms. The SMILES string of the molecule is CC(C)N=Cc1cc(Cl)ccc1-n1cnnn1.CC=O. The molecule has 6 nitrogen and oxygen atoms in total. The van der Waals surface area contributed by atoms with E-state index in [4.69, 9.17) is 16.4 Å². The van der Waals surface area contributed by atoms with E-state index in [9.17, 15) is 0 Å². The van der Waals surface area contributed by atoms with Crippen LogP contribution in [0.5, 0.6) is 0 Å². The highest BCUT2D eigenvalue weighted by molar-refractivity contribution is 6.31. The van der Waals surface area contributed by atoms with Crippen molar-refractivity contribution in [1.82, 2.24) is 20.2 Å². The minimum atomic E-state index is 0.232. The Morgan fingerprint density at radius 1 is 1.40 bits per heavy atom. The lowest BCUT2D eigenvalue weighted by Crippen LogP contribution is -2.01. The molecule has 106 valence electrons. The molecule has 0 saturated carbocycles. The van der Waals surface area contributed by atoms with E-state index in [0.29, 0.717) is 5.02 Å². The van der Waals surface area contributed by atoms with E-state index in [2.05, 4.69) is 20.5 Å². The summed E-state index contributed by atoms with van der Waals surface area (Å²) in [5.74, 6) is 0. The molecule has 2 rings (SSSR count). The number of nitrogens with zero attached hydrogens (tertiary/aromatic N) is 5. The van der Waals surface area contributed by atoms with E-state index in [1.165, 1.54) is 13.3 Å². The molecular formula is C13H16ClN5O. The topological polar surface area (TPSA) is 73.0 Å². The molecule has 0 spiro atoms. The fourth-order valence-corrected chi connectivity index (χ4v) is 1.52. The van der Waals surface area contributed by atoms with E-state index < -0.39 is 0 Å². The van der Waals surface area contributed by atoms with Crippen LogP contribution in [0, 0.1) is 0 Å². The highest BCUT2D eigenvalue weighted by Gasteiger charge is 2.05. The van der Waals surface area contributed by atoms with Gasteiger partial charge in [0.2, 0.25) is 0 Å². The van der Waals surface area contributed by atoms with Gasteiger partial charge in [0.1, 0.15) is 12.6 Å². The Kier molecular flexibility index (Phi) is 6.52. The Balaban J connectivity index is 0.000000612. The molecule has 7 heteroatoms. The highest BCUT2D eigenvalue weighted by atomic mass is 35.5. The van der Waals surface area contributed by atoms with Crippen LogP contribution in [-0.2, 0) is 4.79 Å². The van der Waals surface area contributed by atoms with Crippen molar-refractivity contribution < 1.29 is 4.79 Å². The minimum Gasteiger partial charge on any atom is -0.304 e. The second-order valence-corrected chi connectivity index (χ2v) is 4.50. The number of aromatic nitrogens is 4. The average Bonchev–Trinajstić information content (AvgIpc) is 2.91. The number of benzene rings is 1. The Hall–Kier alpha value is -2.08. The first-order valence-corrected chi connectivity index (χ1v) is 6.42. The Labute approximate surface area is 122 Å². The summed E-state index contributed by atoms with van der Waals surface area (Å²) in [7, 11) is 0. The monoisotopic (exact) mass is 293 g/mol. The van der Waals surface area contributed by atoms with Crippen molar-refractivity contribution in [3.05, 3.63) is 35.1 Å². The summed E-state index contributed by atoms with van der Waals surface area (Å²) in [6.45, 7) is 5.47. The molecule has 0 bridgehead atoms. The van der Waals surface area contributed by atoms with Crippen molar-refractivity contribution in [2.75, 3.05) is 0 Å². The van der Waals surface area contributed by atoms with E-state index >= 15 is 0 Å². The highest BCUT2D eigenvalue weighted by Crippen LogP contribution is 2.17. The number of carbonyl (C=O) groups excluding carboxylic acids is 1. The van der Waals surface area contributed by atoms with Gasteiger partial charge in [-0.05, 0) is 49.4 Å². The van der Waals surface area contributed by atoms with Crippen molar-refractivity contribution in [1.29, 1.82) is 0 Å². The van der Waals surface area contributed by atoms with Gasteiger partial charge < -0.3 is 4.79 Å². The van der Waals surface area contributed by atoms with Crippen LogP contribution in [0.1, 0.15) is 26.3 Å². The zero-order chi connectivity index (χ0) is 15.0. The molecule has 0 aliphatic carbocycles. The van der Waals surface area contributed by atoms with E-state index in [-0.39, 0.29) is 6.04 Å². The standard InChI is InChI=1S/C11H12ClN5.C2H4O/c1-8(2)13-6-9-5-10(12)3-4-11(9)17-7-14-15-16-17;1-2-3/h3-8H,1-2H3;2H,1H3. The molecule has 0 saturated heterocycles. The van der Waals surface area contributed by atoms with Gasteiger partial charge >= 0.3 is 0 Å². The van der Waals surface area contributed by atoms with Crippen LogP contribution >= 0.6 is 11.6 Å². The van der Waals surface area contributed by atoms with Gasteiger partial charge in [-0.25, -0.2) is 0 Å². The fourth-order valence-electron chi connectivity index (χ4n) is 1.34. The van der Waals surface area contributed by atoms with E-state index in [0.717, 1.165) is 17.5 Å². The van der Waals surface area contributed by atoms with Crippen LogP contribution in [0.25, 0.3) is 5.69 Å². The lowest BCUT2D eigenvalue weighted by atomic mass is 10.2. The van der Waals surface area contributed by atoms with Crippen LogP contribution < -0.4 is 0 Å². The molecule has 0 radical (unpaired) electrons. The quantitative estimate of drug-likeness (QED) is 0.643. The van der Waals surface area contributed by atoms with E-state index in [1.807, 2.05) is 26.0 Å². The normalized spacial score (nSPS) is 10.4. The average molecular weight is 294 g/mol. The van der Waals surface area contributed by atoms with Gasteiger partial charge in [0, 0.05) is 22.8 Å². The van der Waals surface area contributed by atoms with Crippen LogP contribution in [0.3, 0.4) is 0 Å². The van der Waals surface area contributed by atoms with Crippen molar-refractivity contribution in [3.63, 3.8) is 0 Å². The Bertz CT molecular complexity index is 566. The molecule has 0 unspecified atom stereocenters. The number of aldehydes is 1. The van der Waals surface area contributed by atoms with Gasteiger partial charge in [-0.3, -0.25) is 4.99 Å². The summed E-state index contributed by atoms with van der Waals surface area (Å²) >= 11 is 5.97. The third-order valence-electron chi connectivity index (χ3n) is 2.10. The molecule has 1 aromatic heterocycles. The predicted molar refractivity (Wildman–Crippen MR) is 78.6 cm³/mol. The third kappa shape index (κ3) is 4.89. The molecule has 0 N–H and O–H groups in total. The lowest BCUT2D eigenvalue weighted by molar-refractivity contribution is -0.106. The maximum Gasteiger partial charge on any atom is 0.143 e. The number of hydrogen-bond acceptors (Lipinski definition) is 5. The molecule has 2 aromatic rings. The lowest BCUT2D eigenvalue weighted by Gasteiger charge is -2.05. The summed E-state index contributed by atoms with van der Waals surface area (Å²) in [5, 5.41) is 11.7. The van der Waals surface area contributed by atoms with Crippen LogP contribution in [0.4, 0.5) is 0 Å². The maximum absolute atomic E-state index is 8.81. The molecular weight excluding hydrogens is 278 g/mol. The number of halogens is 1. The van der Waals surface area contributed by atoms with E-state index in [1.54, 1.807) is 17.0 Å². The molecule has 1 aromatic carbocycles. The molecule has 0 amide bonds. The van der Waals surface area contributed by atoms with Gasteiger partial charge in [-0.15, -0.1) is 5.10 Å². The summed E-state index contributed by atoms with van der Waals surface area (Å²) in [5.41, 5.74) is 1.74. The Morgan fingerprint density at radius 2 is 2.10 bits per heavy atom. The smallest absolute Gasteiger partial charge is 0.143 e. The zero-order valence-corrected chi connectivity index (χ0v) is 12.3. The fraction of sp³-hybridized carbons (Fsp3) is 0.308. The zero-order valence-electron chi connectivity index (χ0n) is 11.6. The first kappa shape index (κ1) is 16.0. The molecule has 0 atom stereocenters. The van der Waals surface area contributed by atoms with Gasteiger partial charge in [0.25, 0.3) is 0 Å². The molecule has 0 aliphatic rings. The van der Waals surface area contributed by atoms with Crippen molar-refractivity contribution >= 4 is 24.1 Å². The van der Waals surface area contributed by atoms with Gasteiger partial charge in [0.05, 0.1) is 5.69 Å². The van der Waals surface area contributed by atoms with Crippen LogP contribution in [-0.4, -0.2) is 38.7 Å². The van der Waals surface area contributed by atoms with Crippen LogP contribution in [0.15, 0.2) is 29.5 Å². The third-order valence-corrected chi connectivity index (χ3v) is 2.33. The van der Waals surface area contributed by atoms with Crippen molar-refractivity contribution in [2.24, 2.45) is 4.99 Å². The predicted octanol–water partition coefficient (Wildman–Crippen LogP) is 2.35. The summed E-state index contributed by atoms with van der Waals surface area (Å²) in [4.78, 5) is 13.1. The number of rotatable bonds is 3.